The minimum absolute atomic E-state index is 0.171. The van der Waals surface area contributed by atoms with Crippen molar-refractivity contribution in [2.75, 3.05) is 12.4 Å². The Morgan fingerprint density at radius 1 is 1.42 bits per heavy atom. The van der Waals surface area contributed by atoms with Gasteiger partial charge in [-0.25, -0.2) is 0 Å². The minimum atomic E-state index is 0.171. The van der Waals surface area contributed by atoms with E-state index in [4.69, 9.17) is 4.74 Å². The van der Waals surface area contributed by atoms with Gasteiger partial charge in [0.15, 0.2) is 11.5 Å². The Morgan fingerprint density at radius 3 is 3.00 bits per heavy atom. The maximum absolute atomic E-state index is 9.97. The molecule has 0 radical (unpaired) electrons. The highest BCUT2D eigenvalue weighted by Crippen LogP contribution is 2.42. The number of hydrogen-bond donors (Lipinski definition) is 2. The lowest BCUT2D eigenvalue weighted by atomic mass is 10.2. The Kier molecular flexibility index (Phi) is 3.25. The molecule has 0 aliphatic heterocycles. The van der Waals surface area contributed by atoms with Crippen molar-refractivity contribution < 1.29 is 9.84 Å². The van der Waals surface area contributed by atoms with Gasteiger partial charge in [-0.2, -0.15) is 0 Å². The molecule has 2 aromatic rings. The molecular formula is C13H15N3O2S. The van der Waals surface area contributed by atoms with E-state index in [9.17, 15) is 5.11 Å². The van der Waals surface area contributed by atoms with Crippen LogP contribution < -0.4 is 10.1 Å². The van der Waals surface area contributed by atoms with E-state index in [1.54, 1.807) is 24.5 Å². The number of ether oxygens (including phenoxy) is 1. The largest absolute Gasteiger partial charge is 0.504 e. The number of aromatic hydroxyl groups is 1. The summed E-state index contributed by atoms with van der Waals surface area (Å²) in [4.78, 5) is 0. The lowest BCUT2D eigenvalue weighted by Gasteiger charge is -2.08. The number of rotatable bonds is 5. The molecule has 0 amide bonds. The Hall–Kier alpha value is -1.82. The van der Waals surface area contributed by atoms with E-state index < -0.39 is 0 Å². The summed E-state index contributed by atoms with van der Waals surface area (Å²) in [6.07, 6.45) is 2.45. The van der Waals surface area contributed by atoms with E-state index in [1.807, 2.05) is 12.1 Å². The van der Waals surface area contributed by atoms with Crippen molar-refractivity contribution in [1.29, 1.82) is 0 Å². The third-order valence-corrected chi connectivity index (χ3v) is 4.14. The molecular weight excluding hydrogens is 262 g/mol. The van der Waals surface area contributed by atoms with Gasteiger partial charge in [0.05, 0.1) is 7.11 Å². The summed E-state index contributed by atoms with van der Waals surface area (Å²) in [5, 5.41) is 23.3. The van der Waals surface area contributed by atoms with Crippen LogP contribution in [0.1, 0.15) is 29.3 Å². The van der Waals surface area contributed by atoms with Crippen molar-refractivity contribution in [2.24, 2.45) is 0 Å². The van der Waals surface area contributed by atoms with Crippen LogP contribution in [0.15, 0.2) is 18.2 Å². The molecule has 0 spiro atoms. The molecule has 1 saturated carbocycles. The quantitative estimate of drug-likeness (QED) is 0.879. The first-order valence-corrected chi connectivity index (χ1v) is 7.01. The van der Waals surface area contributed by atoms with Crippen LogP contribution in [0.2, 0.25) is 0 Å². The van der Waals surface area contributed by atoms with Crippen LogP contribution in [-0.2, 0) is 6.54 Å². The topological polar surface area (TPSA) is 67.3 Å². The lowest BCUT2D eigenvalue weighted by Crippen LogP contribution is -2.00. The zero-order chi connectivity index (χ0) is 13.2. The van der Waals surface area contributed by atoms with Gasteiger partial charge in [-0.1, -0.05) is 23.5 Å². The molecule has 5 nitrogen and oxygen atoms in total. The number of para-hydroxylation sites is 1. The number of phenolic OH excluding ortho intramolecular Hbond substituents is 1. The second-order valence-electron chi connectivity index (χ2n) is 4.54. The van der Waals surface area contributed by atoms with Gasteiger partial charge < -0.3 is 15.2 Å². The van der Waals surface area contributed by atoms with Crippen LogP contribution in [0.25, 0.3) is 0 Å². The van der Waals surface area contributed by atoms with E-state index >= 15 is 0 Å². The molecule has 0 bridgehead atoms. The first-order chi connectivity index (χ1) is 9.28. The van der Waals surface area contributed by atoms with E-state index in [0.717, 1.165) is 15.7 Å². The van der Waals surface area contributed by atoms with Crippen LogP contribution in [0.4, 0.5) is 5.13 Å². The van der Waals surface area contributed by atoms with Crippen molar-refractivity contribution in [3.63, 3.8) is 0 Å². The van der Waals surface area contributed by atoms with Crippen LogP contribution in [-0.4, -0.2) is 22.4 Å². The molecule has 1 aliphatic rings. The first-order valence-electron chi connectivity index (χ1n) is 6.20. The number of aromatic nitrogens is 2. The van der Waals surface area contributed by atoms with Crippen molar-refractivity contribution in [3.8, 4) is 11.5 Å². The number of nitrogens with one attached hydrogen (secondary N) is 1. The van der Waals surface area contributed by atoms with Gasteiger partial charge in [0.2, 0.25) is 5.13 Å². The van der Waals surface area contributed by atoms with Crippen LogP contribution in [0, 0.1) is 0 Å². The summed E-state index contributed by atoms with van der Waals surface area (Å²) in [6.45, 7) is 0.502. The molecule has 1 fully saturated rings. The van der Waals surface area contributed by atoms with Crippen molar-refractivity contribution >= 4 is 16.5 Å². The third kappa shape index (κ3) is 2.63. The number of anilines is 1. The molecule has 2 N–H and O–H groups in total. The van der Waals surface area contributed by atoms with Gasteiger partial charge in [-0.15, -0.1) is 10.2 Å². The van der Waals surface area contributed by atoms with Gasteiger partial charge in [0.25, 0.3) is 0 Å². The molecule has 0 saturated heterocycles. The predicted molar refractivity (Wildman–Crippen MR) is 73.9 cm³/mol. The fourth-order valence-electron chi connectivity index (χ4n) is 1.85. The number of methoxy groups -OCH3 is 1. The van der Waals surface area contributed by atoms with Crippen LogP contribution in [0.5, 0.6) is 11.5 Å². The Balaban J connectivity index is 1.67. The Morgan fingerprint density at radius 2 is 2.26 bits per heavy atom. The van der Waals surface area contributed by atoms with Crippen molar-refractivity contribution in [3.05, 3.63) is 28.8 Å². The molecule has 1 aliphatic carbocycles. The standard InChI is InChI=1S/C13H15N3O2S/c1-18-10-4-2-3-9(11(10)17)7-14-13-16-15-12(19-13)8-5-6-8/h2-4,8,17H,5-7H2,1H3,(H,14,16). The van der Waals surface area contributed by atoms with Crippen LogP contribution >= 0.6 is 11.3 Å². The van der Waals surface area contributed by atoms with Crippen molar-refractivity contribution in [2.45, 2.75) is 25.3 Å². The first kappa shape index (κ1) is 12.2. The van der Waals surface area contributed by atoms with E-state index in [-0.39, 0.29) is 5.75 Å². The van der Waals surface area contributed by atoms with Crippen LogP contribution in [0.3, 0.4) is 0 Å². The maximum Gasteiger partial charge on any atom is 0.205 e. The lowest BCUT2D eigenvalue weighted by molar-refractivity contribution is 0.371. The number of phenols is 1. The number of benzene rings is 1. The molecule has 100 valence electrons. The fourth-order valence-corrected chi connectivity index (χ4v) is 2.76. The minimum Gasteiger partial charge on any atom is -0.504 e. The van der Waals surface area contributed by atoms with Gasteiger partial charge in [0, 0.05) is 18.0 Å². The average molecular weight is 277 g/mol. The summed E-state index contributed by atoms with van der Waals surface area (Å²) < 4.78 is 5.08. The van der Waals surface area contributed by atoms with E-state index in [2.05, 4.69) is 15.5 Å². The highest BCUT2D eigenvalue weighted by Gasteiger charge is 2.27. The normalized spacial score (nSPS) is 14.4. The van der Waals surface area contributed by atoms with E-state index in [0.29, 0.717) is 18.2 Å². The Bertz CT molecular complexity index is 581. The Labute approximate surface area is 115 Å². The molecule has 0 atom stereocenters. The smallest absolute Gasteiger partial charge is 0.205 e. The maximum atomic E-state index is 9.97. The predicted octanol–water partition coefficient (Wildman–Crippen LogP) is 2.74. The monoisotopic (exact) mass is 277 g/mol. The number of hydrogen-bond acceptors (Lipinski definition) is 6. The summed E-state index contributed by atoms with van der Waals surface area (Å²) in [7, 11) is 1.54. The summed E-state index contributed by atoms with van der Waals surface area (Å²) in [5.74, 6) is 1.28. The highest BCUT2D eigenvalue weighted by molar-refractivity contribution is 7.15. The van der Waals surface area contributed by atoms with Gasteiger partial charge >= 0.3 is 0 Å². The summed E-state index contributed by atoms with van der Waals surface area (Å²) in [5.41, 5.74) is 0.780. The third-order valence-electron chi connectivity index (χ3n) is 3.10. The molecule has 0 unspecified atom stereocenters. The molecule has 1 aromatic carbocycles. The summed E-state index contributed by atoms with van der Waals surface area (Å²) >= 11 is 1.59. The fraction of sp³-hybridized carbons (Fsp3) is 0.385. The molecule has 3 rings (SSSR count). The zero-order valence-corrected chi connectivity index (χ0v) is 11.4. The van der Waals surface area contributed by atoms with Gasteiger partial charge in [0.1, 0.15) is 5.01 Å². The van der Waals surface area contributed by atoms with Gasteiger partial charge in [-0.3, -0.25) is 0 Å². The SMILES string of the molecule is COc1cccc(CNc2nnc(C3CC3)s2)c1O. The second kappa shape index (κ2) is 5.05. The number of nitrogens with zero attached hydrogens (tertiary/aromatic N) is 2. The van der Waals surface area contributed by atoms with Crippen molar-refractivity contribution in [1.82, 2.24) is 10.2 Å². The van der Waals surface area contributed by atoms with Gasteiger partial charge in [-0.05, 0) is 18.9 Å². The highest BCUT2D eigenvalue weighted by atomic mass is 32.1. The molecule has 19 heavy (non-hydrogen) atoms. The molecule has 6 heteroatoms. The summed E-state index contributed by atoms with van der Waals surface area (Å²) in [6, 6.07) is 5.44. The van der Waals surface area contributed by atoms with E-state index in [1.165, 1.54) is 12.8 Å². The second-order valence-corrected chi connectivity index (χ2v) is 5.55. The zero-order valence-electron chi connectivity index (χ0n) is 10.6. The average Bonchev–Trinajstić information content (AvgIpc) is 3.17. The molecule has 1 aromatic heterocycles. The molecule has 1 heterocycles.